The molecule has 2 aromatic rings. The molecule has 0 bridgehead atoms. The lowest BCUT2D eigenvalue weighted by molar-refractivity contribution is 0.0688. The summed E-state index contributed by atoms with van der Waals surface area (Å²) < 4.78 is 28.2. The van der Waals surface area contributed by atoms with Crippen molar-refractivity contribution in [2.24, 2.45) is 0 Å². The van der Waals surface area contributed by atoms with E-state index >= 15 is 0 Å². The van der Waals surface area contributed by atoms with E-state index in [9.17, 15) is 13.6 Å². The van der Waals surface area contributed by atoms with Crippen LogP contribution in [0.5, 0.6) is 0 Å². The first kappa shape index (κ1) is 13.7. The molecule has 0 aliphatic carbocycles. The molecule has 0 fully saturated rings. The second kappa shape index (κ2) is 5.08. The van der Waals surface area contributed by atoms with Gasteiger partial charge in [0.25, 0.3) is 0 Å². The van der Waals surface area contributed by atoms with Gasteiger partial charge in [-0.25, -0.2) is 13.6 Å². The van der Waals surface area contributed by atoms with Crippen molar-refractivity contribution in [3.8, 4) is 11.3 Å². The van der Waals surface area contributed by atoms with Crippen molar-refractivity contribution in [3.63, 3.8) is 0 Å². The molecule has 1 aromatic carbocycles. The van der Waals surface area contributed by atoms with Gasteiger partial charge in [0.1, 0.15) is 11.6 Å². The van der Waals surface area contributed by atoms with Crippen molar-refractivity contribution < 1.29 is 18.7 Å². The molecule has 0 saturated carbocycles. The fourth-order valence-electron chi connectivity index (χ4n) is 1.74. The molecule has 0 saturated heterocycles. The van der Waals surface area contributed by atoms with Gasteiger partial charge in [-0.1, -0.05) is 0 Å². The minimum Gasteiger partial charge on any atom is -0.476 e. The molecule has 0 unspecified atom stereocenters. The van der Waals surface area contributed by atoms with Gasteiger partial charge in [0, 0.05) is 18.2 Å². The molecular weight excluding hydrogens is 322 g/mol. The fourth-order valence-corrected chi connectivity index (χ4v) is 2.41. The van der Waals surface area contributed by atoms with Crippen LogP contribution in [0.2, 0.25) is 0 Å². The van der Waals surface area contributed by atoms with Crippen molar-refractivity contribution in [1.82, 2.24) is 9.78 Å². The molecule has 0 aliphatic rings. The first-order valence-electron chi connectivity index (χ1n) is 5.40. The number of halogens is 3. The van der Waals surface area contributed by atoms with E-state index in [1.165, 1.54) is 10.7 Å². The van der Waals surface area contributed by atoms with E-state index in [1.807, 2.05) is 0 Å². The number of aryl methyl sites for hydroxylation is 1. The first-order chi connectivity index (χ1) is 8.95. The van der Waals surface area contributed by atoms with Crippen LogP contribution >= 0.6 is 15.9 Å². The van der Waals surface area contributed by atoms with Gasteiger partial charge in [-0.2, -0.15) is 5.10 Å². The van der Waals surface area contributed by atoms with Crippen molar-refractivity contribution in [2.75, 3.05) is 0 Å². The maximum atomic E-state index is 13.8. The summed E-state index contributed by atoms with van der Waals surface area (Å²) >= 11 is 3.11. The molecule has 0 amide bonds. The average molecular weight is 331 g/mol. The normalized spacial score (nSPS) is 10.7. The number of hydrogen-bond donors (Lipinski definition) is 1. The number of benzene rings is 1. The summed E-state index contributed by atoms with van der Waals surface area (Å²) in [5, 5.41) is 12.9. The Balaban J connectivity index is 2.70. The maximum Gasteiger partial charge on any atom is 0.357 e. The highest BCUT2D eigenvalue weighted by Gasteiger charge is 2.23. The fraction of sp³-hybridized carbons (Fsp3) is 0.167. The van der Waals surface area contributed by atoms with Gasteiger partial charge >= 0.3 is 5.97 Å². The Labute approximate surface area is 115 Å². The van der Waals surface area contributed by atoms with Crippen LogP contribution in [0.15, 0.2) is 22.7 Å². The second-order valence-electron chi connectivity index (χ2n) is 3.76. The number of carboxylic acids is 1. The van der Waals surface area contributed by atoms with E-state index in [0.717, 1.165) is 12.1 Å². The van der Waals surface area contributed by atoms with Gasteiger partial charge in [-0.05, 0) is 35.0 Å². The standard InChI is InChI=1S/C12H9BrF2N2O2/c1-2-17-11(9(13)10(16-17)12(18)19)7-4-3-6(14)5-8(7)15/h3-5H,2H2,1H3,(H,18,19). The van der Waals surface area contributed by atoms with Crippen LogP contribution in [-0.4, -0.2) is 20.9 Å². The second-order valence-corrected chi connectivity index (χ2v) is 4.55. The Kier molecular flexibility index (Phi) is 3.66. The van der Waals surface area contributed by atoms with Gasteiger partial charge in [-0.3, -0.25) is 4.68 Å². The summed E-state index contributed by atoms with van der Waals surface area (Å²) in [7, 11) is 0. The quantitative estimate of drug-likeness (QED) is 0.939. The van der Waals surface area contributed by atoms with Gasteiger partial charge < -0.3 is 5.11 Å². The minimum atomic E-state index is -1.22. The Morgan fingerprint density at radius 2 is 2.16 bits per heavy atom. The zero-order valence-corrected chi connectivity index (χ0v) is 11.4. The monoisotopic (exact) mass is 330 g/mol. The lowest BCUT2D eigenvalue weighted by Crippen LogP contribution is -2.03. The Hall–Kier alpha value is -1.76. The molecule has 2 rings (SSSR count). The Morgan fingerprint density at radius 3 is 2.68 bits per heavy atom. The van der Waals surface area contributed by atoms with Crippen molar-refractivity contribution >= 4 is 21.9 Å². The van der Waals surface area contributed by atoms with Gasteiger partial charge in [0.05, 0.1) is 10.2 Å². The number of aromatic nitrogens is 2. The molecule has 7 heteroatoms. The van der Waals surface area contributed by atoms with Crippen LogP contribution in [-0.2, 0) is 6.54 Å². The number of carbonyl (C=O) groups is 1. The summed E-state index contributed by atoms with van der Waals surface area (Å²) in [6.07, 6.45) is 0. The first-order valence-corrected chi connectivity index (χ1v) is 6.20. The molecule has 1 aromatic heterocycles. The zero-order valence-electron chi connectivity index (χ0n) is 9.82. The van der Waals surface area contributed by atoms with E-state index in [1.54, 1.807) is 6.92 Å². The molecular formula is C12H9BrF2N2O2. The average Bonchev–Trinajstić information content (AvgIpc) is 2.67. The molecule has 1 N–H and O–H groups in total. The summed E-state index contributed by atoms with van der Waals surface area (Å²) in [5.41, 5.74) is 0.160. The highest BCUT2D eigenvalue weighted by atomic mass is 79.9. The number of rotatable bonds is 3. The Bertz CT molecular complexity index is 655. The molecule has 100 valence electrons. The summed E-state index contributed by atoms with van der Waals surface area (Å²) in [6.45, 7) is 2.11. The predicted molar refractivity (Wildman–Crippen MR) is 67.9 cm³/mol. The van der Waals surface area contributed by atoms with Crippen molar-refractivity contribution in [2.45, 2.75) is 13.5 Å². The zero-order chi connectivity index (χ0) is 14.2. The molecule has 0 spiro atoms. The van der Waals surface area contributed by atoms with Crippen LogP contribution in [0, 0.1) is 11.6 Å². The van der Waals surface area contributed by atoms with E-state index in [0.29, 0.717) is 6.54 Å². The van der Waals surface area contributed by atoms with Crippen LogP contribution in [0.1, 0.15) is 17.4 Å². The number of aromatic carboxylic acids is 1. The molecule has 0 radical (unpaired) electrons. The lowest BCUT2D eigenvalue weighted by Gasteiger charge is -2.06. The van der Waals surface area contributed by atoms with E-state index in [2.05, 4.69) is 21.0 Å². The van der Waals surface area contributed by atoms with Crippen molar-refractivity contribution in [1.29, 1.82) is 0 Å². The van der Waals surface area contributed by atoms with Crippen LogP contribution in [0.3, 0.4) is 0 Å². The molecule has 1 heterocycles. The van der Waals surface area contributed by atoms with E-state index in [-0.39, 0.29) is 21.4 Å². The van der Waals surface area contributed by atoms with Crippen molar-refractivity contribution in [3.05, 3.63) is 40.0 Å². The topological polar surface area (TPSA) is 55.1 Å². The molecule has 4 nitrogen and oxygen atoms in total. The number of hydrogen-bond acceptors (Lipinski definition) is 2. The van der Waals surface area contributed by atoms with E-state index in [4.69, 9.17) is 5.11 Å². The third kappa shape index (κ3) is 2.37. The highest BCUT2D eigenvalue weighted by Crippen LogP contribution is 2.33. The highest BCUT2D eigenvalue weighted by molar-refractivity contribution is 9.10. The lowest BCUT2D eigenvalue weighted by atomic mass is 10.1. The number of nitrogens with zero attached hydrogens (tertiary/aromatic N) is 2. The summed E-state index contributed by atoms with van der Waals surface area (Å²) in [5.74, 6) is -2.69. The SMILES string of the molecule is CCn1nc(C(=O)O)c(Br)c1-c1ccc(F)cc1F. The van der Waals surface area contributed by atoms with Gasteiger partial charge in [-0.15, -0.1) is 0 Å². The minimum absolute atomic E-state index is 0.0927. The Morgan fingerprint density at radius 1 is 1.47 bits per heavy atom. The van der Waals surface area contributed by atoms with Crippen LogP contribution in [0.25, 0.3) is 11.3 Å². The molecule has 0 aliphatic heterocycles. The third-order valence-corrected chi connectivity index (χ3v) is 3.33. The maximum absolute atomic E-state index is 13.8. The molecule has 0 atom stereocenters. The van der Waals surface area contributed by atoms with E-state index < -0.39 is 17.6 Å². The van der Waals surface area contributed by atoms with Crippen LogP contribution < -0.4 is 0 Å². The predicted octanol–water partition coefficient (Wildman–Crippen LogP) is 3.31. The smallest absolute Gasteiger partial charge is 0.357 e. The molecule has 19 heavy (non-hydrogen) atoms. The van der Waals surface area contributed by atoms with Gasteiger partial charge in [0.15, 0.2) is 5.69 Å². The largest absolute Gasteiger partial charge is 0.476 e. The van der Waals surface area contributed by atoms with Crippen LogP contribution in [0.4, 0.5) is 8.78 Å². The third-order valence-electron chi connectivity index (χ3n) is 2.58. The summed E-state index contributed by atoms with van der Waals surface area (Å²) in [4.78, 5) is 11.0. The number of carboxylic acid groups (broad SMARTS) is 1. The summed E-state index contributed by atoms with van der Waals surface area (Å²) in [6, 6.07) is 3.11. The van der Waals surface area contributed by atoms with Gasteiger partial charge in [0.2, 0.25) is 0 Å².